The van der Waals surface area contributed by atoms with Gasteiger partial charge < -0.3 is 4.57 Å². The van der Waals surface area contributed by atoms with Gasteiger partial charge in [-0.2, -0.15) is 0 Å². The van der Waals surface area contributed by atoms with Crippen molar-refractivity contribution in [2.24, 2.45) is 0 Å². The Morgan fingerprint density at radius 1 is 1.18 bits per heavy atom. The first-order valence-electron chi connectivity index (χ1n) is 8.00. The summed E-state index contributed by atoms with van der Waals surface area (Å²) < 4.78 is 2.06. The Morgan fingerprint density at radius 2 is 1.93 bits per heavy atom. The van der Waals surface area contributed by atoms with Crippen molar-refractivity contribution >= 4 is 70.6 Å². The average Bonchev–Trinajstić information content (AvgIpc) is 2.64. The van der Waals surface area contributed by atoms with Crippen LogP contribution in [0.15, 0.2) is 54.8 Å². The maximum Gasteiger partial charge on any atom is 0.265 e. The minimum absolute atomic E-state index is 0.0433. The second kappa shape index (κ2) is 8.36. The van der Waals surface area contributed by atoms with E-state index in [-0.39, 0.29) is 17.2 Å². The fourth-order valence-electron chi connectivity index (χ4n) is 2.63. The van der Waals surface area contributed by atoms with Gasteiger partial charge in [-0.05, 0) is 42.6 Å². The normalized spacial score (nSPS) is 15.7. The van der Waals surface area contributed by atoms with E-state index in [1.54, 1.807) is 41.1 Å². The van der Waals surface area contributed by atoms with Gasteiger partial charge in [0.05, 0.1) is 10.7 Å². The van der Waals surface area contributed by atoms with Gasteiger partial charge in [0, 0.05) is 23.3 Å². The van der Waals surface area contributed by atoms with Gasteiger partial charge in [0.2, 0.25) is 0 Å². The zero-order valence-corrected chi connectivity index (χ0v) is 17.5. The van der Waals surface area contributed by atoms with Gasteiger partial charge in [0.25, 0.3) is 11.8 Å². The molecule has 3 rings (SSSR count). The zero-order chi connectivity index (χ0) is 20.4. The van der Waals surface area contributed by atoms with E-state index < -0.39 is 11.8 Å². The Bertz CT molecular complexity index is 1110. The number of carbonyl (C=O) groups is 2. The third kappa shape index (κ3) is 3.93. The molecule has 1 saturated heterocycles. The van der Waals surface area contributed by atoms with Gasteiger partial charge in [-0.1, -0.05) is 47.6 Å². The lowest BCUT2D eigenvalue weighted by Gasteiger charge is -2.27. The number of aromatic nitrogens is 1. The van der Waals surface area contributed by atoms with E-state index in [2.05, 4.69) is 11.9 Å². The van der Waals surface area contributed by atoms with E-state index in [0.717, 1.165) is 0 Å². The second-order valence-electron chi connectivity index (χ2n) is 5.76. The number of hydrogen-bond acceptors (Lipinski definition) is 4. The summed E-state index contributed by atoms with van der Waals surface area (Å²) in [6, 6.07) is 8.49. The molecule has 5 nitrogen and oxygen atoms in total. The topological polar surface area (TPSA) is 54.3 Å². The molecule has 2 amide bonds. The van der Waals surface area contributed by atoms with Crippen molar-refractivity contribution in [2.45, 2.75) is 0 Å². The Morgan fingerprint density at radius 3 is 2.61 bits per heavy atom. The molecule has 1 aliphatic heterocycles. The fraction of sp³-hybridized carbons (Fsp3) is 0.0526. The van der Waals surface area contributed by atoms with Crippen molar-refractivity contribution < 1.29 is 9.59 Å². The van der Waals surface area contributed by atoms with Crippen molar-refractivity contribution in [3.8, 4) is 5.69 Å². The molecule has 2 aromatic rings. The summed E-state index contributed by atoms with van der Waals surface area (Å²) in [5.74, 6) is -1.09. The Balaban J connectivity index is 2.08. The van der Waals surface area contributed by atoms with Crippen LogP contribution in [-0.4, -0.2) is 32.9 Å². The average molecular weight is 450 g/mol. The quantitative estimate of drug-likeness (QED) is 0.326. The Labute approximate surface area is 181 Å². The number of halogens is 2. The molecule has 0 radical (unpaired) electrons. The van der Waals surface area contributed by atoms with Gasteiger partial charge in [0.15, 0.2) is 5.11 Å². The minimum atomic E-state index is -0.579. The lowest BCUT2D eigenvalue weighted by molar-refractivity contribution is -0.128. The van der Waals surface area contributed by atoms with Crippen LogP contribution in [0.5, 0.6) is 0 Å². The van der Waals surface area contributed by atoms with Crippen LogP contribution in [0, 0.1) is 4.64 Å². The molecule has 9 heteroatoms. The number of benzene rings is 1. The summed E-state index contributed by atoms with van der Waals surface area (Å²) in [6.45, 7) is 3.78. The standard InChI is InChI=1S/C19H13Cl2N3O2S2/c1-2-7-24-17(26)13(16(25)22-19(24)28)9-11-4-3-8-23(18(11)27)15-6-5-12(20)10-14(15)21/h2-6,8-10H,1,7H2,(H,22,25,28)/b13-9+. The molecule has 0 saturated carbocycles. The summed E-state index contributed by atoms with van der Waals surface area (Å²) in [5, 5.41) is 3.46. The fourth-order valence-corrected chi connectivity index (χ4v) is 3.67. The number of rotatable bonds is 4. The van der Waals surface area contributed by atoms with Crippen molar-refractivity contribution in [2.75, 3.05) is 6.54 Å². The van der Waals surface area contributed by atoms with E-state index in [9.17, 15) is 9.59 Å². The number of amides is 2. The second-order valence-corrected chi connectivity index (χ2v) is 7.37. The molecule has 0 unspecified atom stereocenters. The molecule has 1 fully saturated rings. The lowest BCUT2D eigenvalue weighted by Crippen LogP contribution is -2.53. The molecule has 0 bridgehead atoms. The van der Waals surface area contributed by atoms with Crippen LogP contribution >= 0.6 is 47.6 Å². The van der Waals surface area contributed by atoms with Crippen LogP contribution in [-0.2, 0) is 9.59 Å². The molecule has 28 heavy (non-hydrogen) atoms. The molecule has 1 aliphatic rings. The number of nitrogens with one attached hydrogen (secondary N) is 1. The van der Waals surface area contributed by atoms with Crippen LogP contribution in [0.1, 0.15) is 5.56 Å². The van der Waals surface area contributed by atoms with Gasteiger partial charge in [0.1, 0.15) is 10.2 Å². The lowest BCUT2D eigenvalue weighted by atomic mass is 10.1. The van der Waals surface area contributed by atoms with Gasteiger partial charge >= 0.3 is 0 Å². The Hall–Kier alpha value is -2.32. The number of thiocarbonyl (C=S) groups is 1. The third-order valence-corrected chi connectivity index (χ3v) is 5.24. The van der Waals surface area contributed by atoms with E-state index >= 15 is 0 Å². The summed E-state index contributed by atoms with van der Waals surface area (Å²) >= 11 is 22.8. The summed E-state index contributed by atoms with van der Waals surface area (Å²) in [4.78, 5) is 26.2. The number of hydrogen-bond donors (Lipinski definition) is 1. The van der Waals surface area contributed by atoms with Crippen molar-refractivity contribution in [1.29, 1.82) is 0 Å². The monoisotopic (exact) mass is 449 g/mol. The highest BCUT2D eigenvalue weighted by Crippen LogP contribution is 2.26. The van der Waals surface area contributed by atoms with E-state index in [0.29, 0.717) is 25.9 Å². The first-order chi connectivity index (χ1) is 13.3. The molecule has 2 heterocycles. The van der Waals surface area contributed by atoms with Crippen LogP contribution in [0.25, 0.3) is 11.8 Å². The van der Waals surface area contributed by atoms with Crippen LogP contribution in [0.3, 0.4) is 0 Å². The number of pyridine rings is 1. The van der Waals surface area contributed by atoms with Crippen molar-refractivity contribution in [3.63, 3.8) is 0 Å². The largest absolute Gasteiger partial charge is 0.306 e. The van der Waals surface area contributed by atoms with Gasteiger partial charge in [-0.3, -0.25) is 19.8 Å². The van der Waals surface area contributed by atoms with E-state index in [1.165, 1.54) is 17.1 Å². The highest BCUT2D eigenvalue weighted by molar-refractivity contribution is 7.80. The van der Waals surface area contributed by atoms with Crippen molar-refractivity contribution in [1.82, 2.24) is 14.8 Å². The van der Waals surface area contributed by atoms with Crippen LogP contribution in [0.2, 0.25) is 10.0 Å². The molecule has 1 aromatic heterocycles. The zero-order valence-electron chi connectivity index (χ0n) is 14.3. The highest BCUT2D eigenvalue weighted by atomic mass is 35.5. The van der Waals surface area contributed by atoms with Crippen LogP contribution < -0.4 is 5.32 Å². The minimum Gasteiger partial charge on any atom is -0.306 e. The molecule has 0 spiro atoms. The predicted molar refractivity (Wildman–Crippen MR) is 117 cm³/mol. The maximum atomic E-state index is 12.7. The molecule has 0 aliphatic carbocycles. The first-order valence-corrected chi connectivity index (χ1v) is 9.57. The SMILES string of the molecule is C=CCN1C(=O)/C(=C/c2cccn(-c3ccc(Cl)cc3Cl)c2=S)C(=O)NC1=S. The third-order valence-electron chi connectivity index (χ3n) is 3.94. The summed E-state index contributed by atoms with van der Waals surface area (Å²) in [5.41, 5.74) is 1.07. The Kier molecular flexibility index (Phi) is 6.10. The first kappa shape index (κ1) is 20.4. The molecule has 0 atom stereocenters. The van der Waals surface area contributed by atoms with Crippen LogP contribution in [0.4, 0.5) is 0 Å². The summed E-state index contributed by atoms with van der Waals surface area (Å²) in [6.07, 6.45) is 4.70. The molecular formula is C19H13Cl2N3O2S2. The number of carbonyl (C=O) groups excluding carboxylic acids is 2. The molecular weight excluding hydrogens is 437 g/mol. The predicted octanol–water partition coefficient (Wildman–Crippen LogP) is 4.33. The highest BCUT2D eigenvalue weighted by Gasteiger charge is 2.32. The van der Waals surface area contributed by atoms with Gasteiger partial charge in [-0.15, -0.1) is 6.58 Å². The summed E-state index contributed by atoms with van der Waals surface area (Å²) in [7, 11) is 0. The molecule has 142 valence electrons. The molecule has 1 N–H and O–H groups in total. The molecule has 1 aromatic carbocycles. The van der Waals surface area contributed by atoms with Gasteiger partial charge in [-0.25, -0.2) is 0 Å². The maximum absolute atomic E-state index is 12.7. The smallest absolute Gasteiger partial charge is 0.265 e. The number of nitrogens with zero attached hydrogens (tertiary/aromatic N) is 2. The van der Waals surface area contributed by atoms with E-state index in [4.69, 9.17) is 47.6 Å². The van der Waals surface area contributed by atoms with E-state index in [1.807, 2.05) is 0 Å². The van der Waals surface area contributed by atoms with Crippen molar-refractivity contribution in [3.05, 3.63) is 75.0 Å².